The first-order valence-electron chi connectivity index (χ1n) is 8.35. The highest BCUT2D eigenvalue weighted by Gasteiger charge is 2.12. The quantitative estimate of drug-likeness (QED) is 0.703. The van der Waals surface area contributed by atoms with Gasteiger partial charge in [0.25, 0.3) is 0 Å². The predicted octanol–water partition coefficient (Wildman–Crippen LogP) is 4.00. The van der Waals surface area contributed by atoms with Gasteiger partial charge in [-0.15, -0.1) is 0 Å². The number of phenols is 1. The van der Waals surface area contributed by atoms with Crippen LogP contribution in [0.5, 0.6) is 5.75 Å². The summed E-state index contributed by atoms with van der Waals surface area (Å²) < 4.78 is 0. The summed E-state index contributed by atoms with van der Waals surface area (Å²) in [5.74, 6) is 0.275. The number of benzene rings is 2. The van der Waals surface area contributed by atoms with Crippen molar-refractivity contribution in [1.82, 2.24) is 10.6 Å². The highest BCUT2D eigenvalue weighted by atomic mass is 16.3. The fraction of sp³-hybridized carbons (Fsp3) is 0.350. The van der Waals surface area contributed by atoms with E-state index >= 15 is 0 Å². The van der Waals surface area contributed by atoms with E-state index in [1.54, 1.807) is 12.1 Å². The van der Waals surface area contributed by atoms with Gasteiger partial charge in [0.05, 0.1) is 6.04 Å². The zero-order valence-corrected chi connectivity index (χ0v) is 14.6. The van der Waals surface area contributed by atoms with Crippen LogP contribution in [0, 0.1) is 13.8 Å². The Kier molecular flexibility index (Phi) is 6.24. The Hall–Kier alpha value is -2.49. The van der Waals surface area contributed by atoms with Crippen molar-refractivity contribution in [2.24, 2.45) is 0 Å². The third-order valence-corrected chi connectivity index (χ3v) is 4.32. The van der Waals surface area contributed by atoms with E-state index in [0.29, 0.717) is 6.54 Å². The fourth-order valence-electron chi connectivity index (χ4n) is 2.73. The summed E-state index contributed by atoms with van der Waals surface area (Å²) in [6, 6.07) is 13.1. The average molecular weight is 326 g/mol. The first-order valence-corrected chi connectivity index (χ1v) is 8.35. The van der Waals surface area contributed by atoms with Crippen LogP contribution in [0.25, 0.3) is 0 Å². The monoisotopic (exact) mass is 326 g/mol. The Morgan fingerprint density at radius 3 is 2.54 bits per heavy atom. The zero-order chi connectivity index (χ0) is 17.5. The van der Waals surface area contributed by atoms with Crippen molar-refractivity contribution in [1.29, 1.82) is 0 Å². The molecule has 1 unspecified atom stereocenters. The molecular weight excluding hydrogens is 300 g/mol. The van der Waals surface area contributed by atoms with Gasteiger partial charge < -0.3 is 15.7 Å². The van der Waals surface area contributed by atoms with E-state index < -0.39 is 0 Å². The molecule has 4 heteroatoms. The highest BCUT2D eigenvalue weighted by Crippen LogP contribution is 2.19. The molecule has 0 radical (unpaired) electrons. The second kappa shape index (κ2) is 8.39. The predicted molar refractivity (Wildman–Crippen MR) is 97.3 cm³/mol. The standard InChI is InChI=1S/C20H26N2O2/c1-14-6-4-8-19(15(14)2)16(3)22-20(24)21-13-5-7-17-9-11-18(23)12-10-17/h4,6,8-12,16,23H,5,7,13H2,1-3H3,(H2,21,22,24). The second-order valence-corrected chi connectivity index (χ2v) is 6.18. The lowest BCUT2D eigenvalue weighted by Crippen LogP contribution is -2.37. The molecule has 0 spiro atoms. The number of hydrogen-bond acceptors (Lipinski definition) is 2. The molecule has 0 saturated carbocycles. The first-order chi connectivity index (χ1) is 11.5. The van der Waals surface area contributed by atoms with Crippen LogP contribution in [0.4, 0.5) is 4.79 Å². The smallest absolute Gasteiger partial charge is 0.315 e. The van der Waals surface area contributed by atoms with Gasteiger partial charge in [-0.25, -0.2) is 4.79 Å². The first kappa shape index (κ1) is 17.9. The number of carbonyl (C=O) groups is 1. The van der Waals surface area contributed by atoms with Gasteiger partial charge in [-0.1, -0.05) is 30.3 Å². The van der Waals surface area contributed by atoms with Gasteiger partial charge in [0.15, 0.2) is 0 Å². The van der Waals surface area contributed by atoms with E-state index in [2.05, 4.69) is 36.6 Å². The lowest BCUT2D eigenvalue weighted by atomic mass is 9.98. The van der Waals surface area contributed by atoms with Crippen molar-refractivity contribution in [3.05, 3.63) is 64.7 Å². The summed E-state index contributed by atoms with van der Waals surface area (Å²) in [5.41, 5.74) is 4.75. The van der Waals surface area contributed by atoms with E-state index in [1.165, 1.54) is 11.1 Å². The van der Waals surface area contributed by atoms with Crippen molar-refractivity contribution < 1.29 is 9.90 Å². The molecule has 0 heterocycles. The zero-order valence-electron chi connectivity index (χ0n) is 14.6. The van der Waals surface area contributed by atoms with Crippen LogP contribution in [0.15, 0.2) is 42.5 Å². The molecular formula is C20H26N2O2. The Bertz CT molecular complexity index is 681. The molecule has 0 saturated heterocycles. The number of rotatable bonds is 6. The normalized spacial score (nSPS) is 11.8. The van der Waals surface area contributed by atoms with Gasteiger partial charge in [0.1, 0.15) is 5.75 Å². The number of amides is 2. The molecule has 0 aromatic heterocycles. The van der Waals surface area contributed by atoms with Crippen molar-refractivity contribution >= 4 is 6.03 Å². The minimum absolute atomic E-state index is 0.0259. The van der Waals surface area contributed by atoms with Crippen LogP contribution in [-0.2, 0) is 6.42 Å². The molecule has 2 amide bonds. The molecule has 0 fully saturated rings. The van der Waals surface area contributed by atoms with Crippen molar-refractivity contribution in [3.63, 3.8) is 0 Å². The van der Waals surface area contributed by atoms with Crippen LogP contribution in [0.2, 0.25) is 0 Å². The molecule has 0 bridgehead atoms. The van der Waals surface area contributed by atoms with Crippen molar-refractivity contribution in [2.45, 2.75) is 39.7 Å². The van der Waals surface area contributed by atoms with Gasteiger partial charge in [0, 0.05) is 6.54 Å². The second-order valence-electron chi connectivity index (χ2n) is 6.18. The maximum Gasteiger partial charge on any atom is 0.315 e. The molecule has 2 rings (SSSR count). The molecule has 0 aliphatic heterocycles. The molecule has 0 aliphatic rings. The minimum atomic E-state index is -0.144. The molecule has 2 aromatic carbocycles. The molecule has 24 heavy (non-hydrogen) atoms. The average Bonchev–Trinajstić information content (AvgIpc) is 2.55. The summed E-state index contributed by atoms with van der Waals surface area (Å²) >= 11 is 0. The Morgan fingerprint density at radius 2 is 1.83 bits per heavy atom. The lowest BCUT2D eigenvalue weighted by Gasteiger charge is -2.18. The molecule has 128 valence electrons. The third-order valence-electron chi connectivity index (χ3n) is 4.32. The van der Waals surface area contributed by atoms with Gasteiger partial charge in [-0.05, 0) is 68.0 Å². The van der Waals surface area contributed by atoms with E-state index in [4.69, 9.17) is 0 Å². The minimum Gasteiger partial charge on any atom is -0.508 e. The summed E-state index contributed by atoms with van der Waals surface area (Å²) in [7, 11) is 0. The van der Waals surface area contributed by atoms with Gasteiger partial charge >= 0.3 is 6.03 Å². The number of urea groups is 1. The third kappa shape index (κ3) is 5.01. The van der Waals surface area contributed by atoms with Gasteiger partial charge in [0.2, 0.25) is 0 Å². The SMILES string of the molecule is Cc1cccc(C(C)NC(=O)NCCCc2ccc(O)cc2)c1C. The van der Waals surface area contributed by atoms with Gasteiger partial charge in [-0.3, -0.25) is 0 Å². The lowest BCUT2D eigenvalue weighted by molar-refractivity contribution is 0.238. The summed E-state index contributed by atoms with van der Waals surface area (Å²) in [6.07, 6.45) is 1.73. The van der Waals surface area contributed by atoms with E-state index in [9.17, 15) is 9.90 Å². The maximum atomic E-state index is 12.0. The maximum absolute atomic E-state index is 12.0. The largest absolute Gasteiger partial charge is 0.508 e. The number of aryl methyl sites for hydroxylation is 2. The van der Waals surface area contributed by atoms with Crippen LogP contribution >= 0.6 is 0 Å². The highest BCUT2D eigenvalue weighted by molar-refractivity contribution is 5.74. The molecule has 4 nitrogen and oxygen atoms in total. The van der Waals surface area contributed by atoms with E-state index in [1.807, 2.05) is 25.1 Å². The number of hydrogen-bond donors (Lipinski definition) is 3. The molecule has 0 aliphatic carbocycles. The number of aromatic hydroxyl groups is 1. The number of nitrogens with one attached hydrogen (secondary N) is 2. The number of carbonyl (C=O) groups excluding carboxylic acids is 1. The summed E-state index contributed by atoms with van der Waals surface area (Å²) in [4.78, 5) is 12.0. The summed E-state index contributed by atoms with van der Waals surface area (Å²) in [5, 5.41) is 15.1. The van der Waals surface area contributed by atoms with Crippen LogP contribution in [-0.4, -0.2) is 17.7 Å². The van der Waals surface area contributed by atoms with E-state index in [0.717, 1.165) is 24.0 Å². The molecule has 2 aromatic rings. The topological polar surface area (TPSA) is 61.4 Å². The van der Waals surface area contributed by atoms with Crippen LogP contribution in [0.1, 0.15) is 41.6 Å². The Morgan fingerprint density at radius 1 is 1.12 bits per heavy atom. The van der Waals surface area contributed by atoms with Crippen LogP contribution < -0.4 is 10.6 Å². The van der Waals surface area contributed by atoms with E-state index in [-0.39, 0.29) is 17.8 Å². The fourth-order valence-corrected chi connectivity index (χ4v) is 2.73. The number of phenolic OH excluding ortho intramolecular Hbond substituents is 1. The van der Waals surface area contributed by atoms with Crippen molar-refractivity contribution in [2.75, 3.05) is 6.54 Å². The Balaban J connectivity index is 1.74. The van der Waals surface area contributed by atoms with Crippen LogP contribution in [0.3, 0.4) is 0 Å². The van der Waals surface area contributed by atoms with Crippen molar-refractivity contribution in [3.8, 4) is 5.75 Å². The van der Waals surface area contributed by atoms with Gasteiger partial charge in [-0.2, -0.15) is 0 Å². The summed E-state index contributed by atoms with van der Waals surface area (Å²) in [6.45, 7) is 6.78. The Labute approximate surface area is 143 Å². The molecule has 1 atom stereocenters. The molecule has 3 N–H and O–H groups in total.